The lowest BCUT2D eigenvalue weighted by Gasteiger charge is -2.15. The number of methoxy groups -OCH3 is 1. The minimum absolute atomic E-state index is 0.0319. The van der Waals surface area contributed by atoms with Crippen LogP contribution in [0.3, 0.4) is 0 Å². The summed E-state index contributed by atoms with van der Waals surface area (Å²) in [6.45, 7) is 7.60. The lowest BCUT2D eigenvalue weighted by molar-refractivity contribution is -0.159. The van der Waals surface area contributed by atoms with E-state index in [1.807, 2.05) is 52.0 Å². The molecular weight excluding hydrogens is 437 g/mol. The average Bonchev–Trinajstić information content (AvgIpc) is 3.32. The third kappa shape index (κ3) is 4.48. The van der Waals surface area contributed by atoms with Crippen LogP contribution in [0.4, 0.5) is 19.0 Å². The van der Waals surface area contributed by atoms with Crippen molar-refractivity contribution in [3.8, 4) is 16.9 Å². The minimum Gasteiger partial charge on any atom is -0.497 e. The van der Waals surface area contributed by atoms with Gasteiger partial charge in [0.1, 0.15) is 11.6 Å². The summed E-state index contributed by atoms with van der Waals surface area (Å²) in [5, 5.41) is 11.4. The number of hydrogen-bond donors (Lipinski definition) is 1. The van der Waals surface area contributed by atoms with E-state index in [-0.39, 0.29) is 18.3 Å². The zero-order chi connectivity index (χ0) is 23.9. The van der Waals surface area contributed by atoms with Crippen molar-refractivity contribution in [2.75, 3.05) is 12.4 Å². The van der Waals surface area contributed by atoms with Crippen LogP contribution in [-0.4, -0.2) is 37.9 Å². The van der Waals surface area contributed by atoms with Crippen molar-refractivity contribution in [3.63, 3.8) is 0 Å². The van der Waals surface area contributed by atoms with Gasteiger partial charge in [-0.3, -0.25) is 0 Å². The normalized spacial score (nSPS) is 12.8. The van der Waals surface area contributed by atoms with Crippen molar-refractivity contribution < 1.29 is 22.4 Å². The van der Waals surface area contributed by atoms with E-state index in [9.17, 15) is 13.2 Å². The molecule has 4 rings (SSSR count). The van der Waals surface area contributed by atoms with Crippen LogP contribution in [0.15, 0.2) is 28.8 Å². The first-order valence-electron chi connectivity index (χ1n) is 10.2. The van der Waals surface area contributed by atoms with Gasteiger partial charge in [0, 0.05) is 29.8 Å². The fourth-order valence-electron chi connectivity index (χ4n) is 3.74. The summed E-state index contributed by atoms with van der Waals surface area (Å²) in [5.74, 6) is 0.0375. The first-order valence-corrected chi connectivity index (χ1v) is 10.2. The van der Waals surface area contributed by atoms with Gasteiger partial charge in [-0.15, -0.1) is 0 Å². The van der Waals surface area contributed by atoms with E-state index in [4.69, 9.17) is 9.72 Å². The number of halogens is 3. The fourth-order valence-corrected chi connectivity index (χ4v) is 3.74. The largest absolute Gasteiger partial charge is 0.497 e. The number of hydrogen-bond acceptors (Lipinski definition) is 7. The highest BCUT2D eigenvalue weighted by molar-refractivity contribution is 5.83. The summed E-state index contributed by atoms with van der Waals surface area (Å²) >= 11 is 0. The molecule has 33 heavy (non-hydrogen) atoms. The quantitative estimate of drug-likeness (QED) is 0.443. The van der Waals surface area contributed by atoms with E-state index in [1.54, 1.807) is 11.6 Å². The Morgan fingerprint density at radius 2 is 1.91 bits per heavy atom. The van der Waals surface area contributed by atoms with Gasteiger partial charge in [-0.1, -0.05) is 11.2 Å². The maximum atomic E-state index is 12.7. The number of benzene rings is 1. The van der Waals surface area contributed by atoms with Crippen molar-refractivity contribution in [1.29, 1.82) is 0 Å². The molecule has 0 spiro atoms. The minimum atomic E-state index is -4.67. The zero-order valence-corrected chi connectivity index (χ0v) is 18.8. The Morgan fingerprint density at radius 1 is 1.15 bits per heavy atom. The van der Waals surface area contributed by atoms with Crippen LogP contribution in [0.5, 0.6) is 5.75 Å². The Bertz CT molecular complexity index is 1310. The van der Waals surface area contributed by atoms with E-state index < -0.39 is 12.1 Å². The van der Waals surface area contributed by atoms with Crippen molar-refractivity contribution in [2.45, 2.75) is 46.3 Å². The van der Waals surface area contributed by atoms with Crippen molar-refractivity contribution in [1.82, 2.24) is 24.7 Å². The number of alkyl halides is 3. The van der Waals surface area contributed by atoms with E-state index in [2.05, 4.69) is 25.1 Å². The van der Waals surface area contributed by atoms with Gasteiger partial charge < -0.3 is 14.6 Å². The fraction of sp³-hybridized carbons (Fsp3) is 0.364. The van der Waals surface area contributed by atoms with Gasteiger partial charge in [0.2, 0.25) is 0 Å². The Labute approximate surface area is 187 Å². The highest BCUT2D eigenvalue weighted by Crippen LogP contribution is 2.33. The molecule has 1 N–H and O–H groups in total. The van der Waals surface area contributed by atoms with Crippen LogP contribution < -0.4 is 10.1 Å². The standard InChI is InChI=1S/C22H23F3N6O2/c1-11-8-15(32-5)6-7-16(11)19-14(4)29-31-18(10-13(3)27-20(19)31)26-12(2)9-17-28-21(33-30-17)22(23,24)25/h6-8,10,12,26H,9H2,1-5H3. The molecule has 8 nitrogen and oxygen atoms in total. The van der Waals surface area contributed by atoms with Gasteiger partial charge in [-0.05, 0) is 51.0 Å². The molecule has 4 aromatic rings. The number of fused-ring (bicyclic) bond motifs is 1. The summed E-state index contributed by atoms with van der Waals surface area (Å²) in [6.07, 6.45) is -4.54. The van der Waals surface area contributed by atoms with E-state index in [0.717, 1.165) is 33.8 Å². The van der Waals surface area contributed by atoms with Crippen molar-refractivity contribution in [3.05, 3.63) is 52.9 Å². The molecule has 0 radical (unpaired) electrons. The molecule has 1 unspecified atom stereocenters. The second-order valence-corrected chi connectivity index (χ2v) is 7.92. The van der Waals surface area contributed by atoms with Crippen molar-refractivity contribution in [2.24, 2.45) is 0 Å². The van der Waals surface area contributed by atoms with Gasteiger partial charge in [0.25, 0.3) is 0 Å². The molecule has 11 heteroatoms. The number of aromatic nitrogens is 5. The van der Waals surface area contributed by atoms with Crippen LogP contribution in [0.2, 0.25) is 0 Å². The van der Waals surface area contributed by atoms with Gasteiger partial charge >= 0.3 is 12.1 Å². The molecule has 0 aliphatic rings. The lowest BCUT2D eigenvalue weighted by Crippen LogP contribution is -2.21. The molecule has 0 saturated carbocycles. The Hall–Kier alpha value is -3.63. The number of nitrogens with zero attached hydrogens (tertiary/aromatic N) is 5. The second-order valence-electron chi connectivity index (χ2n) is 7.92. The highest BCUT2D eigenvalue weighted by Gasteiger charge is 2.38. The Kier molecular flexibility index (Phi) is 5.73. The highest BCUT2D eigenvalue weighted by atomic mass is 19.4. The van der Waals surface area contributed by atoms with Gasteiger partial charge in [0.15, 0.2) is 11.5 Å². The van der Waals surface area contributed by atoms with E-state index >= 15 is 0 Å². The molecule has 3 heterocycles. The summed E-state index contributed by atoms with van der Waals surface area (Å²) in [4.78, 5) is 8.14. The van der Waals surface area contributed by atoms with Gasteiger partial charge in [0.05, 0.1) is 12.8 Å². The summed E-state index contributed by atoms with van der Waals surface area (Å²) in [5.41, 5.74) is 5.16. The monoisotopic (exact) mass is 460 g/mol. The average molecular weight is 460 g/mol. The molecule has 0 bridgehead atoms. The molecule has 3 aromatic heterocycles. The summed E-state index contributed by atoms with van der Waals surface area (Å²) < 4.78 is 49.5. The zero-order valence-electron chi connectivity index (χ0n) is 18.8. The number of ether oxygens (including phenoxy) is 1. The third-order valence-electron chi connectivity index (χ3n) is 5.19. The van der Waals surface area contributed by atoms with Gasteiger partial charge in [-0.2, -0.15) is 27.8 Å². The molecule has 0 aliphatic heterocycles. The molecule has 1 aromatic carbocycles. The molecule has 0 saturated heterocycles. The SMILES string of the molecule is COc1ccc(-c2c(C)nn3c(NC(C)Cc4noc(C(F)(F)F)n4)cc(C)nc23)c(C)c1. The topological polar surface area (TPSA) is 90.4 Å². The molecular formula is C22H23F3N6O2. The van der Waals surface area contributed by atoms with Crippen LogP contribution in [0.25, 0.3) is 16.8 Å². The number of rotatable bonds is 6. The molecule has 174 valence electrons. The molecule has 0 aliphatic carbocycles. The van der Waals surface area contributed by atoms with Crippen molar-refractivity contribution >= 4 is 11.5 Å². The smallest absolute Gasteiger partial charge is 0.471 e. The summed E-state index contributed by atoms with van der Waals surface area (Å²) in [6, 6.07) is 7.35. The van der Waals surface area contributed by atoms with E-state index in [1.165, 1.54) is 0 Å². The predicted molar refractivity (Wildman–Crippen MR) is 115 cm³/mol. The maximum Gasteiger partial charge on any atom is 0.471 e. The third-order valence-corrected chi connectivity index (χ3v) is 5.19. The van der Waals surface area contributed by atoms with Crippen LogP contribution in [0, 0.1) is 20.8 Å². The number of nitrogens with one attached hydrogen (secondary N) is 1. The first-order chi connectivity index (χ1) is 15.6. The molecule has 1 atom stereocenters. The maximum absolute atomic E-state index is 12.7. The first kappa shape index (κ1) is 22.6. The van der Waals surface area contributed by atoms with E-state index in [0.29, 0.717) is 11.5 Å². The lowest BCUT2D eigenvalue weighted by atomic mass is 10.0. The number of aryl methyl sites for hydroxylation is 3. The number of anilines is 1. The summed E-state index contributed by atoms with van der Waals surface area (Å²) in [7, 11) is 1.62. The molecule has 0 amide bonds. The predicted octanol–water partition coefficient (Wildman–Crippen LogP) is 4.78. The molecule has 0 fully saturated rings. The van der Waals surface area contributed by atoms with Gasteiger partial charge in [-0.25, -0.2) is 4.98 Å². The van der Waals surface area contributed by atoms with Crippen LogP contribution in [0.1, 0.15) is 35.6 Å². The Morgan fingerprint density at radius 3 is 2.55 bits per heavy atom. The van der Waals surface area contributed by atoms with Crippen LogP contribution in [-0.2, 0) is 12.6 Å². The second kappa shape index (κ2) is 8.38. The van der Waals surface area contributed by atoms with Crippen LogP contribution >= 0.6 is 0 Å². The Balaban J connectivity index is 1.67.